The monoisotopic (exact) mass is 731 g/mol. The Morgan fingerprint density at radius 2 is 1.85 bits per heavy atom. The van der Waals surface area contributed by atoms with Crippen LogP contribution in [0, 0.1) is 0 Å². The van der Waals surface area contributed by atoms with Gasteiger partial charge < -0.3 is 19.6 Å². The standard InChI is InChI=1S/C37H33N9O4S2/c1-44(2)32-26-19-40-46(33(26)39-21-38-32)23-12-14-24(15-13-23)50-18-6-11-30-31(35(48)49)42-37(52-30)45-17-16-22-7-5-8-25(27(22)20-45)34(47)43-36-41-28-9-3-4-10-29(28)51-36/h3-5,7-10,12-15,19,21H,6,11,16-18,20H2,1-2H3,(H,48,49)(H,41,43,47). The number of rotatable bonds is 11. The molecule has 262 valence electrons. The summed E-state index contributed by atoms with van der Waals surface area (Å²) >= 11 is 2.82. The van der Waals surface area contributed by atoms with E-state index < -0.39 is 5.97 Å². The second-order valence-corrected chi connectivity index (χ2v) is 14.6. The van der Waals surface area contributed by atoms with Gasteiger partial charge >= 0.3 is 5.97 Å². The summed E-state index contributed by atoms with van der Waals surface area (Å²) in [5.41, 5.74) is 5.04. The number of aromatic nitrogens is 6. The number of carbonyl (C=O) groups excluding carboxylic acids is 1. The SMILES string of the molecule is CN(C)c1ncnc2c1cnn2-c1ccc(OCCCc2sc(N3CCc4cccc(C(=O)Nc5nc6ccccc6s5)c4C3)nc2C(=O)O)cc1. The molecule has 0 aliphatic carbocycles. The van der Waals surface area contributed by atoms with Gasteiger partial charge in [-0.05, 0) is 72.9 Å². The number of fused-ring (bicyclic) bond motifs is 3. The Bertz CT molecular complexity index is 2400. The van der Waals surface area contributed by atoms with E-state index >= 15 is 0 Å². The molecule has 0 radical (unpaired) electrons. The lowest BCUT2D eigenvalue weighted by Gasteiger charge is -2.29. The van der Waals surface area contributed by atoms with Crippen LogP contribution in [0.15, 0.2) is 79.3 Å². The quantitative estimate of drug-likeness (QED) is 0.141. The van der Waals surface area contributed by atoms with Crippen molar-refractivity contribution in [1.29, 1.82) is 0 Å². The van der Waals surface area contributed by atoms with Gasteiger partial charge in [-0.3, -0.25) is 10.1 Å². The molecule has 0 spiro atoms. The van der Waals surface area contributed by atoms with Gasteiger partial charge in [0.25, 0.3) is 5.91 Å². The van der Waals surface area contributed by atoms with Crippen molar-refractivity contribution in [3.63, 3.8) is 0 Å². The molecule has 0 bridgehead atoms. The molecule has 8 rings (SSSR count). The number of carboxylic acid groups (broad SMARTS) is 1. The molecular weight excluding hydrogens is 699 g/mol. The maximum absolute atomic E-state index is 13.5. The third kappa shape index (κ3) is 6.51. The lowest BCUT2D eigenvalue weighted by molar-refractivity contribution is 0.0690. The van der Waals surface area contributed by atoms with Crippen LogP contribution in [0.2, 0.25) is 0 Å². The fourth-order valence-corrected chi connectivity index (χ4v) is 8.32. The number of thiazole rings is 2. The lowest BCUT2D eigenvalue weighted by atomic mass is 9.94. The second kappa shape index (κ2) is 14.0. The minimum Gasteiger partial charge on any atom is -0.494 e. The van der Waals surface area contributed by atoms with E-state index in [0.717, 1.165) is 38.2 Å². The van der Waals surface area contributed by atoms with E-state index in [-0.39, 0.29) is 11.6 Å². The van der Waals surface area contributed by atoms with Gasteiger partial charge in [-0.25, -0.2) is 29.4 Å². The Morgan fingerprint density at radius 1 is 1.00 bits per heavy atom. The number of hydrogen-bond donors (Lipinski definition) is 2. The van der Waals surface area contributed by atoms with Crippen molar-refractivity contribution in [2.45, 2.75) is 25.8 Å². The van der Waals surface area contributed by atoms with E-state index in [9.17, 15) is 14.7 Å². The molecule has 0 saturated carbocycles. The number of amides is 1. The van der Waals surface area contributed by atoms with Crippen molar-refractivity contribution < 1.29 is 19.4 Å². The van der Waals surface area contributed by atoms with E-state index in [1.54, 1.807) is 10.9 Å². The summed E-state index contributed by atoms with van der Waals surface area (Å²) in [6.45, 7) is 1.51. The van der Waals surface area contributed by atoms with Crippen molar-refractivity contribution in [3.05, 3.63) is 107 Å². The predicted molar refractivity (Wildman–Crippen MR) is 203 cm³/mol. The van der Waals surface area contributed by atoms with Crippen LogP contribution >= 0.6 is 22.7 Å². The first-order valence-corrected chi connectivity index (χ1v) is 18.3. The van der Waals surface area contributed by atoms with Gasteiger partial charge in [-0.2, -0.15) is 5.10 Å². The summed E-state index contributed by atoms with van der Waals surface area (Å²) in [5, 5.41) is 19.5. The summed E-state index contributed by atoms with van der Waals surface area (Å²) in [6.07, 6.45) is 5.12. The molecule has 7 aromatic rings. The van der Waals surface area contributed by atoms with Gasteiger partial charge in [0, 0.05) is 37.6 Å². The highest BCUT2D eigenvalue weighted by Crippen LogP contribution is 2.34. The van der Waals surface area contributed by atoms with Crippen LogP contribution in [0.3, 0.4) is 0 Å². The van der Waals surface area contributed by atoms with Crippen molar-refractivity contribution in [1.82, 2.24) is 29.7 Å². The van der Waals surface area contributed by atoms with Gasteiger partial charge in [-0.15, -0.1) is 11.3 Å². The summed E-state index contributed by atoms with van der Waals surface area (Å²) in [6, 6.07) is 21.1. The first-order valence-electron chi connectivity index (χ1n) is 16.7. The second-order valence-electron chi connectivity index (χ2n) is 12.5. The van der Waals surface area contributed by atoms with Gasteiger partial charge in [-0.1, -0.05) is 35.6 Å². The van der Waals surface area contributed by atoms with Crippen LogP contribution in [0.4, 0.5) is 16.1 Å². The molecule has 1 aliphatic rings. The molecule has 15 heteroatoms. The smallest absolute Gasteiger partial charge is 0.355 e. The Morgan fingerprint density at radius 3 is 2.65 bits per heavy atom. The van der Waals surface area contributed by atoms with E-state index in [1.165, 1.54) is 29.0 Å². The van der Waals surface area contributed by atoms with Crippen LogP contribution in [0.25, 0.3) is 26.9 Å². The number of anilines is 3. The van der Waals surface area contributed by atoms with Crippen molar-refractivity contribution >= 4 is 71.9 Å². The zero-order valence-electron chi connectivity index (χ0n) is 28.3. The number of ether oxygens (including phenoxy) is 1. The highest BCUT2D eigenvalue weighted by atomic mass is 32.1. The molecule has 0 unspecified atom stereocenters. The van der Waals surface area contributed by atoms with Crippen molar-refractivity contribution in [2.75, 3.05) is 42.4 Å². The molecule has 1 aliphatic heterocycles. The Labute approximate surface area is 306 Å². The van der Waals surface area contributed by atoms with Gasteiger partial charge in [0.15, 0.2) is 21.6 Å². The molecule has 0 atom stereocenters. The van der Waals surface area contributed by atoms with Crippen molar-refractivity contribution in [3.8, 4) is 11.4 Å². The van der Waals surface area contributed by atoms with Crippen LogP contribution in [-0.4, -0.2) is 73.9 Å². The molecule has 5 heterocycles. The normalized spacial score (nSPS) is 12.6. The fourth-order valence-electron chi connectivity index (χ4n) is 6.34. The van der Waals surface area contributed by atoms with Gasteiger partial charge in [0.2, 0.25) is 0 Å². The average molecular weight is 732 g/mol. The molecule has 2 N–H and O–H groups in total. The molecule has 3 aromatic carbocycles. The van der Waals surface area contributed by atoms with Crippen molar-refractivity contribution in [2.24, 2.45) is 0 Å². The van der Waals surface area contributed by atoms with Crippen LogP contribution in [0.1, 0.15) is 43.3 Å². The minimum atomic E-state index is -1.06. The number of carbonyl (C=O) groups is 2. The highest BCUT2D eigenvalue weighted by molar-refractivity contribution is 7.22. The number of aryl methyl sites for hydroxylation is 1. The Hall–Kier alpha value is -5.93. The summed E-state index contributed by atoms with van der Waals surface area (Å²) in [7, 11) is 3.86. The summed E-state index contributed by atoms with van der Waals surface area (Å²) in [4.78, 5) is 48.3. The average Bonchev–Trinajstić information content (AvgIpc) is 3.90. The summed E-state index contributed by atoms with van der Waals surface area (Å²) < 4.78 is 8.79. The number of nitrogens with one attached hydrogen (secondary N) is 1. The predicted octanol–water partition coefficient (Wildman–Crippen LogP) is 6.47. The molecule has 4 aromatic heterocycles. The zero-order chi connectivity index (χ0) is 35.8. The highest BCUT2D eigenvalue weighted by Gasteiger charge is 2.27. The van der Waals surface area contributed by atoms with E-state index in [0.29, 0.717) is 71.1 Å². The first-order chi connectivity index (χ1) is 25.3. The maximum Gasteiger partial charge on any atom is 0.355 e. The van der Waals surface area contributed by atoms with E-state index in [4.69, 9.17) is 4.74 Å². The number of carboxylic acids is 1. The van der Waals surface area contributed by atoms with Crippen LogP contribution < -0.4 is 19.9 Å². The zero-order valence-corrected chi connectivity index (χ0v) is 29.9. The largest absolute Gasteiger partial charge is 0.494 e. The fraction of sp³-hybridized carbons (Fsp3) is 0.216. The molecule has 0 saturated heterocycles. The first kappa shape index (κ1) is 33.2. The number of hydrogen-bond acceptors (Lipinski definition) is 12. The molecule has 13 nitrogen and oxygen atoms in total. The van der Waals surface area contributed by atoms with E-state index in [2.05, 4.69) is 35.3 Å². The van der Waals surface area contributed by atoms with Crippen LogP contribution in [-0.2, 0) is 19.4 Å². The number of benzene rings is 3. The molecular formula is C37H33N9O4S2. The minimum absolute atomic E-state index is 0.0599. The van der Waals surface area contributed by atoms with Gasteiger partial charge in [0.05, 0.1) is 34.1 Å². The van der Waals surface area contributed by atoms with Crippen LogP contribution in [0.5, 0.6) is 5.75 Å². The molecule has 0 fully saturated rings. The lowest BCUT2D eigenvalue weighted by Crippen LogP contribution is -2.32. The number of aromatic carboxylic acids is 1. The number of nitrogens with zero attached hydrogens (tertiary/aromatic N) is 8. The van der Waals surface area contributed by atoms with E-state index in [1.807, 2.05) is 85.7 Å². The number of para-hydroxylation sites is 1. The Balaban J connectivity index is 0.912. The third-order valence-electron chi connectivity index (χ3n) is 8.86. The van der Waals surface area contributed by atoms with Gasteiger partial charge in [0.1, 0.15) is 17.9 Å². The summed E-state index contributed by atoms with van der Waals surface area (Å²) in [5.74, 6) is 0.215. The molecule has 1 amide bonds. The Kier molecular flexibility index (Phi) is 8.95. The molecule has 52 heavy (non-hydrogen) atoms. The topological polar surface area (TPSA) is 151 Å². The third-order valence-corrected chi connectivity index (χ3v) is 11.0. The maximum atomic E-state index is 13.5.